The van der Waals surface area contributed by atoms with E-state index in [4.69, 9.17) is 0 Å². The monoisotopic (exact) mass is 258 g/mol. The maximum absolute atomic E-state index is 4.34. The van der Waals surface area contributed by atoms with Gasteiger partial charge in [0.1, 0.15) is 5.82 Å². The molecule has 0 radical (unpaired) electrons. The van der Waals surface area contributed by atoms with Gasteiger partial charge in [-0.15, -0.1) is 5.10 Å². The van der Waals surface area contributed by atoms with Gasteiger partial charge in [-0.25, -0.2) is 0 Å². The SMILES string of the molecule is CCCCNc1cnnc(NCc2ccccn2)n1. The Bertz CT molecular complexity index is 488. The Morgan fingerprint density at radius 3 is 2.95 bits per heavy atom. The minimum Gasteiger partial charge on any atom is -0.369 e. The van der Waals surface area contributed by atoms with Crippen molar-refractivity contribution in [3.05, 3.63) is 36.3 Å². The zero-order valence-electron chi connectivity index (χ0n) is 11.0. The van der Waals surface area contributed by atoms with Crippen LogP contribution in [0.1, 0.15) is 25.5 Å². The van der Waals surface area contributed by atoms with Crippen molar-refractivity contribution in [3.63, 3.8) is 0 Å². The number of anilines is 2. The first-order chi connectivity index (χ1) is 9.38. The second-order valence-electron chi connectivity index (χ2n) is 4.12. The molecule has 0 unspecified atom stereocenters. The number of unbranched alkanes of at least 4 members (excludes halogenated alkanes) is 1. The van der Waals surface area contributed by atoms with Gasteiger partial charge in [-0.05, 0) is 18.6 Å². The number of pyridine rings is 1. The number of rotatable bonds is 7. The summed E-state index contributed by atoms with van der Waals surface area (Å²) in [5, 5.41) is 14.2. The van der Waals surface area contributed by atoms with E-state index in [1.165, 1.54) is 0 Å². The summed E-state index contributed by atoms with van der Waals surface area (Å²) in [7, 11) is 0. The van der Waals surface area contributed by atoms with Gasteiger partial charge in [0, 0.05) is 12.7 Å². The standard InChI is InChI=1S/C13H18N6/c1-2-3-7-15-12-10-17-19-13(18-12)16-9-11-6-4-5-8-14-11/h4-6,8,10H,2-3,7,9H2,1H3,(H2,15,16,18,19). The second kappa shape index (κ2) is 7.25. The second-order valence-corrected chi connectivity index (χ2v) is 4.12. The molecule has 2 rings (SSSR count). The Balaban J connectivity index is 1.88. The molecule has 2 aromatic heterocycles. The Morgan fingerprint density at radius 1 is 1.21 bits per heavy atom. The van der Waals surface area contributed by atoms with Gasteiger partial charge in [0.2, 0.25) is 5.95 Å². The molecule has 19 heavy (non-hydrogen) atoms. The van der Waals surface area contributed by atoms with Crippen LogP contribution < -0.4 is 10.6 Å². The Morgan fingerprint density at radius 2 is 2.16 bits per heavy atom. The van der Waals surface area contributed by atoms with Crippen molar-refractivity contribution in [2.24, 2.45) is 0 Å². The van der Waals surface area contributed by atoms with Gasteiger partial charge >= 0.3 is 0 Å². The molecule has 0 fully saturated rings. The lowest BCUT2D eigenvalue weighted by molar-refractivity contribution is 0.826. The third-order valence-electron chi connectivity index (χ3n) is 2.55. The van der Waals surface area contributed by atoms with Crippen LogP contribution >= 0.6 is 0 Å². The van der Waals surface area contributed by atoms with Crippen molar-refractivity contribution in [3.8, 4) is 0 Å². The molecule has 0 spiro atoms. The maximum atomic E-state index is 4.34. The Kier molecular flexibility index (Phi) is 5.04. The molecule has 2 heterocycles. The molecule has 2 N–H and O–H groups in total. The van der Waals surface area contributed by atoms with Crippen LogP contribution in [0.25, 0.3) is 0 Å². The van der Waals surface area contributed by atoms with Crippen molar-refractivity contribution in [2.75, 3.05) is 17.2 Å². The van der Waals surface area contributed by atoms with Gasteiger partial charge in [-0.3, -0.25) is 4.98 Å². The topological polar surface area (TPSA) is 75.6 Å². The summed E-state index contributed by atoms with van der Waals surface area (Å²) >= 11 is 0. The van der Waals surface area contributed by atoms with E-state index in [0.717, 1.165) is 30.9 Å². The van der Waals surface area contributed by atoms with Crippen LogP contribution in [0.3, 0.4) is 0 Å². The summed E-state index contributed by atoms with van der Waals surface area (Å²) in [5.41, 5.74) is 0.940. The predicted octanol–water partition coefficient (Wildman–Crippen LogP) is 2.09. The van der Waals surface area contributed by atoms with Gasteiger partial charge in [-0.2, -0.15) is 10.1 Å². The molecule has 0 atom stereocenters. The molecular weight excluding hydrogens is 240 g/mol. The van der Waals surface area contributed by atoms with Crippen LogP contribution in [0, 0.1) is 0 Å². The average Bonchev–Trinajstić information content (AvgIpc) is 2.47. The highest BCUT2D eigenvalue weighted by atomic mass is 15.3. The van der Waals surface area contributed by atoms with Gasteiger partial charge in [0.05, 0.1) is 18.4 Å². The highest BCUT2D eigenvalue weighted by Crippen LogP contribution is 2.05. The van der Waals surface area contributed by atoms with E-state index in [1.807, 2.05) is 18.2 Å². The first-order valence-corrected chi connectivity index (χ1v) is 6.46. The van der Waals surface area contributed by atoms with Crippen molar-refractivity contribution < 1.29 is 0 Å². The molecule has 0 aliphatic carbocycles. The number of hydrogen-bond acceptors (Lipinski definition) is 6. The van der Waals surface area contributed by atoms with E-state index < -0.39 is 0 Å². The highest BCUT2D eigenvalue weighted by molar-refractivity contribution is 5.36. The average molecular weight is 258 g/mol. The molecule has 0 amide bonds. The normalized spacial score (nSPS) is 10.2. The van der Waals surface area contributed by atoms with Crippen LogP contribution in [0.5, 0.6) is 0 Å². The van der Waals surface area contributed by atoms with Gasteiger partial charge in [0.25, 0.3) is 0 Å². The number of nitrogens with one attached hydrogen (secondary N) is 2. The molecule has 0 saturated carbocycles. The molecule has 2 aromatic rings. The number of nitrogens with zero attached hydrogens (tertiary/aromatic N) is 4. The van der Waals surface area contributed by atoms with E-state index in [-0.39, 0.29) is 0 Å². The van der Waals surface area contributed by atoms with E-state index in [0.29, 0.717) is 12.5 Å². The summed E-state index contributed by atoms with van der Waals surface area (Å²) in [6.07, 6.45) is 5.65. The molecule has 0 saturated heterocycles. The molecule has 0 aliphatic heterocycles. The summed E-state index contributed by atoms with van der Waals surface area (Å²) in [5.74, 6) is 1.25. The lowest BCUT2D eigenvalue weighted by Crippen LogP contribution is -2.09. The van der Waals surface area contributed by atoms with Crippen LogP contribution in [0.15, 0.2) is 30.6 Å². The molecule has 0 aliphatic rings. The van der Waals surface area contributed by atoms with Crippen molar-refractivity contribution in [1.29, 1.82) is 0 Å². The number of hydrogen-bond donors (Lipinski definition) is 2. The minimum absolute atomic E-state index is 0.507. The summed E-state index contributed by atoms with van der Waals surface area (Å²) in [4.78, 5) is 8.56. The summed E-state index contributed by atoms with van der Waals surface area (Å²) in [6, 6.07) is 5.79. The maximum Gasteiger partial charge on any atom is 0.245 e. The zero-order chi connectivity index (χ0) is 13.3. The lowest BCUT2D eigenvalue weighted by Gasteiger charge is -2.06. The minimum atomic E-state index is 0.507. The van der Waals surface area contributed by atoms with E-state index in [1.54, 1.807) is 12.4 Å². The molecule has 6 nitrogen and oxygen atoms in total. The van der Waals surface area contributed by atoms with Crippen LogP contribution in [-0.4, -0.2) is 26.7 Å². The van der Waals surface area contributed by atoms with Gasteiger partial charge < -0.3 is 10.6 Å². The fraction of sp³-hybridized carbons (Fsp3) is 0.385. The third kappa shape index (κ3) is 4.50. The summed E-state index contributed by atoms with van der Waals surface area (Å²) < 4.78 is 0. The number of aromatic nitrogens is 4. The Labute approximate surface area is 112 Å². The Hall–Kier alpha value is -2.24. The molecule has 100 valence electrons. The smallest absolute Gasteiger partial charge is 0.245 e. The van der Waals surface area contributed by atoms with Crippen LogP contribution in [-0.2, 0) is 6.54 Å². The van der Waals surface area contributed by atoms with E-state index in [2.05, 4.69) is 37.7 Å². The molecule has 6 heteroatoms. The van der Waals surface area contributed by atoms with Crippen molar-refractivity contribution >= 4 is 11.8 Å². The van der Waals surface area contributed by atoms with E-state index in [9.17, 15) is 0 Å². The first kappa shape index (κ1) is 13.2. The van der Waals surface area contributed by atoms with Crippen LogP contribution in [0.4, 0.5) is 11.8 Å². The predicted molar refractivity (Wildman–Crippen MR) is 74.8 cm³/mol. The highest BCUT2D eigenvalue weighted by Gasteiger charge is 2.00. The first-order valence-electron chi connectivity index (χ1n) is 6.46. The van der Waals surface area contributed by atoms with Crippen LogP contribution in [0.2, 0.25) is 0 Å². The molecule has 0 aromatic carbocycles. The quantitative estimate of drug-likeness (QED) is 0.741. The third-order valence-corrected chi connectivity index (χ3v) is 2.55. The summed E-state index contributed by atoms with van der Waals surface area (Å²) in [6.45, 7) is 3.63. The largest absolute Gasteiger partial charge is 0.369 e. The van der Waals surface area contributed by atoms with Crippen molar-refractivity contribution in [1.82, 2.24) is 20.2 Å². The van der Waals surface area contributed by atoms with Gasteiger partial charge in [-0.1, -0.05) is 19.4 Å². The van der Waals surface area contributed by atoms with E-state index >= 15 is 0 Å². The van der Waals surface area contributed by atoms with Crippen molar-refractivity contribution in [2.45, 2.75) is 26.3 Å². The molecule has 0 bridgehead atoms. The lowest BCUT2D eigenvalue weighted by atomic mass is 10.3. The fourth-order valence-corrected chi connectivity index (χ4v) is 1.53. The molecular formula is C13H18N6. The fourth-order valence-electron chi connectivity index (χ4n) is 1.53. The van der Waals surface area contributed by atoms with Gasteiger partial charge in [0.15, 0.2) is 0 Å². The zero-order valence-corrected chi connectivity index (χ0v) is 11.0.